The summed E-state index contributed by atoms with van der Waals surface area (Å²) in [5.41, 5.74) is 2.90. The summed E-state index contributed by atoms with van der Waals surface area (Å²) in [6.07, 6.45) is 3.92. The third-order valence-corrected chi connectivity index (χ3v) is 5.17. The van der Waals surface area contributed by atoms with Gasteiger partial charge in [0.05, 0.1) is 10.7 Å². The van der Waals surface area contributed by atoms with Gasteiger partial charge in [-0.2, -0.15) is 4.98 Å². The van der Waals surface area contributed by atoms with Crippen molar-refractivity contribution in [3.05, 3.63) is 65.6 Å². The quantitative estimate of drug-likeness (QED) is 0.529. The van der Waals surface area contributed by atoms with Crippen molar-refractivity contribution in [3.8, 4) is 11.5 Å². The molecular formula is C20H19ClN6O. The number of rotatable bonds is 4. The van der Waals surface area contributed by atoms with Gasteiger partial charge in [-0.1, -0.05) is 29.8 Å². The van der Waals surface area contributed by atoms with E-state index in [0.717, 1.165) is 49.6 Å². The lowest BCUT2D eigenvalue weighted by Crippen LogP contribution is -2.46. The van der Waals surface area contributed by atoms with Gasteiger partial charge >= 0.3 is 0 Å². The summed E-state index contributed by atoms with van der Waals surface area (Å²) in [7, 11) is 0. The normalized spacial score (nSPS) is 15.4. The number of pyridine rings is 1. The molecule has 4 heterocycles. The molecule has 0 saturated carbocycles. The molecule has 1 aliphatic rings. The lowest BCUT2D eigenvalue weighted by Gasteiger charge is -2.33. The van der Waals surface area contributed by atoms with Gasteiger partial charge in [-0.05, 0) is 29.4 Å². The van der Waals surface area contributed by atoms with Gasteiger partial charge in [0, 0.05) is 50.7 Å². The van der Waals surface area contributed by atoms with Crippen LogP contribution in [0.2, 0.25) is 5.02 Å². The molecule has 0 N–H and O–H groups in total. The molecule has 5 rings (SSSR count). The molecule has 0 spiro atoms. The Balaban J connectivity index is 1.22. The van der Waals surface area contributed by atoms with Gasteiger partial charge in [-0.25, -0.2) is 4.98 Å². The maximum atomic E-state index is 6.05. The minimum atomic E-state index is 0.557. The van der Waals surface area contributed by atoms with Crippen LogP contribution in [0, 0.1) is 0 Å². The zero-order chi connectivity index (χ0) is 18.9. The molecule has 142 valence electrons. The highest BCUT2D eigenvalue weighted by Gasteiger charge is 2.22. The van der Waals surface area contributed by atoms with Crippen molar-refractivity contribution in [1.29, 1.82) is 0 Å². The van der Waals surface area contributed by atoms with E-state index in [1.54, 1.807) is 0 Å². The summed E-state index contributed by atoms with van der Waals surface area (Å²) in [4.78, 5) is 13.8. The van der Waals surface area contributed by atoms with Crippen LogP contribution in [0.1, 0.15) is 5.69 Å². The highest BCUT2D eigenvalue weighted by atomic mass is 35.5. The maximum Gasteiger partial charge on any atom is 0.266 e. The predicted molar refractivity (Wildman–Crippen MR) is 107 cm³/mol. The van der Waals surface area contributed by atoms with Crippen molar-refractivity contribution in [2.75, 3.05) is 31.1 Å². The van der Waals surface area contributed by atoms with Crippen molar-refractivity contribution in [3.63, 3.8) is 0 Å². The van der Waals surface area contributed by atoms with Crippen molar-refractivity contribution >= 4 is 23.2 Å². The van der Waals surface area contributed by atoms with Gasteiger partial charge in [-0.3, -0.25) is 4.90 Å². The first kappa shape index (κ1) is 17.2. The van der Waals surface area contributed by atoms with Gasteiger partial charge in [0.15, 0.2) is 0 Å². The van der Waals surface area contributed by atoms with Gasteiger partial charge in [0.1, 0.15) is 5.65 Å². The van der Waals surface area contributed by atoms with Crippen LogP contribution in [0.15, 0.2) is 59.4 Å². The first-order chi connectivity index (χ1) is 13.7. The number of fused-ring (bicyclic) bond motifs is 1. The van der Waals surface area contributed by atoms with Crippen LogP contribution in [0.3, 0.4) is 0 Å². The second kappa shape index (κ2) is 7.26. The molecule has 8 heteroatoms. The van der Waals surface area contributed by atoms with E-state index in [4.69, 9.17) is 16.1 Å². The topological polar surface area (TPSA) is 62.7 Å². The number of hydrogen-bond donors (Lipinski definition) is 0. The Morgan fingerprint density at radius 3 is 2.57 bits per heavy atom. The lowest BCUT2D eigenvalue weighted by molar-refractivity contribution is 0.245. The second-order valence-corrected chi connectivity index (χ2v) is 7.31. The minimum absolute atomic E-state index is 0.557. The molecule has 28 heavy (non-hydrogen) atoms. The first-order valence-electron chi connectivity index (χ1n) is 9.24. The van der Waals surface area contributed by atoms with Crippen molar-refractivity contribution in [1.82, 2.24) is 24.4 Å². The van der Waals surface area contributed by atoms with Crippen molar-refractivity contribution < 1.29 is 4.52 Å². The van der Waals surface area contributed by atoms with Crippen LogP contribution in [-0.4, -0.2) is 50.6 Å². The number of halogens is 1. The minimum Gasteiger partial charge on any atom is -0.336 e. The Labute approximate surface area is 167 Å². The summed E-state index contributed by atoms with van der Waals surface area (Å²) in [6, 6.07) is 13.6. The Bertz CT molecular complexity index is 1080. The Morgan fingerprint density at radius 1 is 0.929 bits per heavy atom. The van der Waals surface area contributed by atoms with E-state index in [-0.39, 0.29) is 0 Å². The molecule has 0 aliphatic carbocycles. The molecule has 1 fully saturated rings. The SMILES string of the molecule is Clc1ccc2nc(CN3CCN(c4noc(-c5ccccc5)n4)CC3)cn2c1. The number of aromatic nitrogens is 4. The highest BCUT2D eigenvalue weighted by Crippen LogP contribution is 2.21. The zero-order valence-corrected chi connectivity index (χ0v) is 16.0. The maximum absolute atomic E-state index is 6.05. The average molecular weight is 395 g/mol. The van der Waals surface area contributed by atoms with Crippen LogP contribution in [0.5, 0.6) is 0 Å². The average Bonchev–Trinajstić information content (AvgIpc) is 3.36. The molecule has 0 atom stereocenters. The Morgan fingerprint density at radius 2 is 1.75 bits per heavy atom. The van der Waals surface area contributed by atoms with Gasteiger partial charge in [-0.15, -0.1) is 0 Å². The number of nitrogens with zero attached hydrogens (tertiary/aromatic N) is 6. The van der Waals surface area contributed by atoms with E-state index in [2.05, 4.69) is 24.9 Å². The van der Waals surface area contributed by atoms with Crippen LogP contribution in [0.25, 0.3) is 17.1 Å². The molecule has 0 radical (unpaired) electrons. The number of imidazole rings is 1. The molecule has 7 nitrogen and oxygen atoms in total. The van der Waals surface area contributed by atoms with Gasteiger partial charge in [0.2, 0.25) is 0 Å². The molecule has 1 aromatic carbocycles. The fourth-order valence-corrected chi connectivity index (χ4v) is 3.64. The molecule has 0 bridgehead atoms. The highest BCUT2D eigenvalue weighted by molar-refractivity contribution is 6.30. The Kier molecular flexibility index (Phi) is 4.46. The van der Waals surface area contributed by atoms with Crippen molar-refractivity contribution in [2.24, 2.45) is 0 Å². The predicted octanol–water partition coefficient (Wildman–Crippen LogP) is 3.36. The molecule has 0 amide bonds. The Hall–Kier alpha value is -2.90. The summed E-state index contributed by atoms with van der Waals surface area (Å²) in [5, 5.41) is 4.86. The molecular weight excluding hydrogens is 376 g/mol. The summed E-state index contributed by atoms with van der Waals surface area (Å²) < 4.78 is 7.40. The van der Waals surface area contributed by atoms with Crippen LogP contribution in [-0.2, 0) is 6.54 Å². The number of anilines is 1. The number of piperazine rings is 1. The first-order valence-corrected chi connectivity index (χ1v) is 9.62. The largest absolute Gasteiger partial charge is 0.336 e. The van der Waals surface area contributed by atoms with Crippen LogP contribution in [0.4, 0.5) is 5.95 Å². The molecule has 1 aliphatic heterocycles. The molecule has 4 aromatic rings. The van der Waals surface area contributed by atoms with Crippen LogP contribution < -0.4 is 4.90 Å². The van der Waals surface area contributed by atoms with Crippen molar-refractivity contribution in [2.45, 2.75) is 6.54 Å². The monoisotopic (exact) mass is 394 g/mol. The molecule has 0 unspecified atom stereocenters. The number of benzene rings is 1. The third-order valence-electron chi connectivity index (χ3n) is 4.94. The van der Waals surface area contributed by atoms with Gasteiger partial charge < -0.3 is 13.8 Å². The van der Waals surface area contributed by atoms with E-state index in [1.807, 2.05) is 59.3 Å². The fourth-order valence-electron chi connectivity index (χ4n) is 3.47. The smallest absolute Gasteiger partial charge is 0.266 e. The van der Waals surface area contributed by atoms with E-state index < -0.39 is 0 Å². The van der Waals surface area contributed by atoms with E-state index in [1.165, 1.54) is 0 Å². The summed E-state index contributed by atoms with van der Waals surface area (Å²) >= 11 is 6.05. The second-order valence-electron chi connectivity index (χ2n) is 6.87. The molecule has 3 aromatic heterocycles. The van der Waals surface area contributed by atoms with E-state index in [9.17, 15) is 0 Å². The summed E-state index contributed by atoms with van der Waals surface area (Å²) in [6.45, 7) is 4.36. The fraction of sp³-hybridized carbons (Fsp3) is 0.250. The summed E-state index contributed by atoms with van der Waals surface area (Å²) in [5.74, 6) is 1.21. The standard InChI is InChI=1S/C20H19ClN6O/c21-16-6-7-18-22-17(14-27(18)12-16)13-25-8-10-26(11-9-25)20-23-19(28-24-20)15-4-2-1-3-5-15/h1-7,12,14H,8-11,13H2. The molecule has 1 saturated heterocycles. The van der Waals surface area contributed by atoms with E-state index in [0.29, 0.717) is 16.9 Å². The van der Waals surface area contributed by atoms with E-state index >= 15 is 0 Å². The van der Waals surface area contributed by atoms with Crippen LogP contribution >= 0.6 is 11.6 Å². The lowest BCUT2D eigenvalue weighted by atomic mass is 10.2. The number of hydrogen-bond acceptors (Lipinski definition) is 6. The van der Waals surface area contributed by atoms with Gasteiger partial charge in [0.25, 0.3) is 11.8 Å². The zero-order valence-electron chi connectivity index (χ0n) is 15.2. The third kappa shape index (κ3) is 3.46.